The van der Waals surface area contributed by atoms with Crippen LogP contribution in [0.3, 0.4) is 0 Å². The van der Waals surface area contributed by atoms with Gasteiger partial charge in [-0.3, -0.25) is 28.8 Å². The molecule has 5 aliphatic rings. The van der Waals surface area contributed by atoms with E-state index in [4.69, 9.17) is 26.7 Å². The number of fused-ring (bicyclic) bond motifs is 6. The predicted octanol–water partition coefficient (Wildman–Crippen LogP) is 7.27. The van der Waals surface area contributed by atoms with Gasteiger partial charge in [0.25, 0.3) is 0 Å². The first-order valence-corrected chi connectivity index (χ1v) is 33.7. The van der Waals surface area contributed by atoms with Crippen LogP contribution in [0.2, 0.25) is 0 Å². The number of hydrogen-bond donors (Lipinski definition) is 12. The van der Waals surface area contributed by atoms with Crippen molar-refractivity contribution in [2.45, 2.75) is 218 Å². The lowest BCUT2D eigenvalue weighted by atomic mass is 9.48. The largest absolute Gasteiger partial charge is 0.445 e. The Hall–Kier alpha value is -7.74. The molecule has 22 heteroatoms. The Labute approximate surface area is 548 Å². The third kappa shape index (κ3) is 17.9. The number of aliphatic hydroxyl groups is 1. The maximum absolute atomic E-state index is 14.8. The molecule has 0 radical (unpaired) electrons. The summed E-state index contributed by atoms with van der Waals surface area (Å²) < 4.78 is 11.1. The summed E-state index contributed by atoms with van der Waals surface area (Å²) in [5.74, 6) is 3.38. The minimum atomic E-state index is -1.10. The van der Waals surface area contributed by atoms with Gasteiger partial charge in [-0.1, -0.05) is 91.0 Å². The Morgan fingerprint density at radius 3 is 2.08 bits per heavy atom. The summed E-state index contributed by atoms with van der Waals surface area (Å²) in [6.07, 6.45) is 13.0. The average molecular weight is 1280 g/mol. The summed E-state index contributed by atoms with van der Waals surface area (Å²) in [6.45, 7) is 12.2. The number of unbranched alkanes of at least 4 members (excludes halogenated alkanes) is 1. The molecule has 0 spiro atoms. The highest BCUT2D eigenvalue weighted by Crippen LogP contribution is 2.60. The van der Waals surface area contributed by atoms with Gasteiger partial charge in [0.15, 0.2) is 0 Å². The Morgan fingerprint density at radius 2 is 1.34 bits per heavy atom. The molecule has 506 valence electrons. The maximum atomic E-state index is 14.8. The van der Waals surface area contributed by atoms with Gasteiger partial charge in [0.2, 0.25) is 35.4 Å². The SMILES string of the molecule is CC(C)[C@H](NC(=O)[C@H](N)CCCCNC(=O)COC1C#CCCCCC1)C(=O)N[C@@H](CCCNC(N)=O)C(=O)Nc1ccc(COC(=O)NCC(=O)Nc2ccc3c(c2)[C@@]2(C)CCC[C@](C)(C(=O)NC(O)[C@@]4(C)CCC[C@]5(C)c6cc(N)ccc6CC[C@H]54)[C@@H]2CC3)cc1. The molecule has 0 aliphatic heterocycles. The Morgan fingerprint density at radius 1 is 0.667 bits per heavy atom. The number of aryl methyl sites for hydroxylation is 2. The van der Waals surface area contributed by atoms with Crippen LogP contribution in [0.25, 0.3) is 0 Å². The minimum Gasteiger partial charge on any atom is -0.445 e. The lowest BCUT2D eigenvalue weighted by molar-refractivity contribution is -0.150. The number of hydrogen-bond acceptors (Lipinski definition) is 13. The standard InChI is InChI=1S/C71H101N11O11/c1-44(2)60(81-61(85)54(73)19-12-13-37-75-59(84)43-92-51-17-10-8-7-9-11-18-51)63(87)80-55(20-14-38-76-66(74)90)62(86)79-49-28-21-45(22-29-49)42-93-67(91)77-41-58(83)78-50-30-24-47-26-32-57-69(4,53(47)40-50)34-16-36-71(57,6)65(89)82-64(88)70(5)35-15-33-68(3)52-39-48(72)27-23-46(52)25-31-56(68)70/h21-24,27-30,39-40,44,51,54-57,60,64,88H,7-10,12-17,19-20,25-26,31-38,41-43,72-73H2,1-6H3,(H,75,84)(H,77,91)(H,78,83)(H,79,86)(H,80,87)(H,81,85)(H,82,89)(H3,74,76,90)/t51?,54-,55+,56-,57-,60+,64?,68-,69-,70+,71+/m1/s1. The molecule has 22 nitrogen and oxygen atoms in total. The lowest BCUT2D eigenvalue weighted by Crippen LogP contribution is -2.61. The molecule has 2 unspecified atom stereocenters. The summed E-state index contributed by atoms with van der Waals surface area (Å²) in [5.41, 5.74) is 23.1. The molecule has 0 aromatic heterocycles. The zero-order chi connectivity index (χ0) is 67.1. The quantitative estimate of drug-likeness (QED) is 0.0155. The number of urea groups is 1. The Kier molecular flexibility index (Phi) is 24.4. The second-order valence-corrected chi connectivity index (χ2v) is 27.9. The van der Waals surface area contributed by atoms with Crippen LogP contribution in [0.1, 0.15) is 185 Å². The van der Waals surface area contributed by atoms with Crippen molar-refractivity contribution < 1.29 is 52.9 Å². The van der Waals surface area contributed by atoms with Crippen molar-refractivity contribution in [2.24, 2.45) is 40.1 Å². The van der Waals surface area contributed by atoms with E-state index in [0.717, 1.165) is 101 Å². The number of benzene rings is 3. The number of primary amides is 1. The lowest BCUT2D eigenvalue weighted by Gasteiger charge is -2.58. The average Bonchev–Trinajstić information content (AvgIpc) is 0.729. The van der Waals surface area contributed by atoms with E-state index in [9.17, 15) is 43.5 Å². The Bertz CT molecular complexity index is 3240. The van der Waals surface area contributed by atoms with E-state index in [1.54, 1.807) is 38.1 Å². The van der Waals surface area contributed by atoms with Gasteiger partial charge in [-0.15, -0.1) is 5.92 Å². The summed E-state index contributed by atoms with van der Waals surface area (Å²) in [6, 6.07) is 14.8. The summed E-state index contributed by atoms with van der Waals surface area (Å²) in [5, 5.41) is 34.5. The monoisotopic (exact) mass is 1280 g/mol. The summed E-state index contributed by atoms with van der Waals surface area (Å²) in [7, 11) is 0. The van der Waals surface area contributed by atoms with E-state index in [2.05, 4.69) is 94.2 Å². The minimum absolute atomic E-state index is 0.0233. The number of carbonyl (C=O) groups excluding carboxylic acids is 8. The molecule has 0 saturated heterocycles. The van der Waals surface area contributed by atoms with Crippen molar-refractivity contribution in [3.8, 4) is 11.8 Å². The molecule has 2 fully saturated rings. The third-order valence-corrected chi connectivity index (χ3v) is 20.9. The van der Waals surface area contributed by atoms with Crippen LogP contribution >= 0.6 is 0 Å². The van der Waals surface area contributed by atoms with Crippen LogP contribution in [0, 0.1) is 40.4 Å². The molecule has 8 rings (SSSR count). The number of nitrogens with two attached hydrogens (primary N) is 3. The van der Waals surface area contributed by atoms with Gasteiger partial charge < -0.3 is 74.3 Å². The second kappa shape index (κ2) is 31.9. The predicted molar refractivity (Wildman–Crippen MR) is 357 cm³/mol. The smallest absolute Gasteiger partial charge is 0.407 e. The number of nitrogens with one attached hydrogen (secondary N) is 8. The molecule has 3 aromatic carbocycles. The molecule has 0 heterocycles. The number of carbonyl (C=O) groups is 8. The number of ether oxygens (including phenoxy) is 2. The van der Waals surface area contributed by atoms with Gasteiger partial charge in [0.1, 0.15) is 44.2 Å². The van der Waals surface area contributed by atoms with Crippen molar-refractivity contribution in [3.63, 3.8) is 0 Å². The van der Waals surface area contributed by atoms with E-state index >= 15 is 0 Å². The van der Waals surface area contributed by atoms with Crippen LogP contribution in [0.4, 0.5) is 26.7 Å². The van der Waals surface area contributed by atoms with Crippen molar-refractivity contribution in [1.29, 1.82) is 0 Å². The molecule has 15 N–H and O–H groups in total. The number of aliphatic hydroxyl groups excluding tert-OH is 1. The van der Waals surface area contributed by atoms with E-state index in [1.807, 2.05) is 24.3 Å². The maximum Gasteiger partial charge on any atom is 0.407 e. The summed E-state index contributed by atoms with van der Waals surface area (Å²) in [4.78, 5) is 106. The number of amides is 9. The van der Waals surface area contributed by atoms with Crippen LogP contribution in [-0.4, -0.2) is 109 Å². The molecule has 3 aromatic rings. The third-order valence-electron chi connectivity index (χ3n) is 20.9. The first-order chi connectivity index (χ1) is 44.3. The molecular formula is C71H101N11O11. The Balaban J connectivity index is 0.778. The van der Waals surface area contributed by atoms with Gasteiger partial charge in [0.05, 0.1) is 11.5 Å². The second-order valence-electron chi connectivity index (χ2n) is 27.9. The molecule has 9 amide bonds. The fraction of sp³-hybridized carbons (Fsp3) is 0.606. The fourth-order valence-electron chi connectivity index (χ4n) is 15.6. The van der Waals surface area contributed by atoms with Crippen LogP contribution in [-0.2, 0) is 68.5 Å². The van der Waals surface area contributed by atoms with Crippen LogP contribution in [0.15, 0.2) is 60.7 Å². The highest BCUT2D eigenvalue weighted by molar-refractivity contribution is 5.99. The number of rotatable bonds is 27. The van der Waals surface area contributed by atoms with Crippen molar-refractivity contribution in [3.05, 3.63) is 88.5 Å². The van der Waals surface area contributed by atoms with Gasteiger partial charge in [0, 0.05) is 42.0 Å². The highest BCUT2D eigenvalue weighted by atomic mass is 16.5. The summed E-state index contributed by atoms with van der Waals surface area (Å²) >= 11 is 0. The molecule has 11 atom stereocenters. The number of nitrogen functional groups attached to an aromatic ring is 1. The molecule has 5 aliphatic carbocycles. The van der Waals surface area contributed by atoms with Gasteiger partial charge in [-0.05, 0) is 196 Å². The van der Waals surface area contributed by atoms with E-state index in [1.165, 1.54) is 16.7 Å². The van der Waals surface area contributed by atoms with E-state index in [0.29, 0.717) is 49.2 Å². The highest BCUT2D eigenvalue weighted by Gasteiger charge is 2.58. The van der Waals surface area contributed by atoms with Crippen LogP contribution in [0.5, 0.6) is 0 Å². The topological polar surface area (TPSA) is 350 Å². The first kappa shape index (κ1) is 71.1. The fourth-order valence-corrected chi connectivity index (χ4v) is 15.6. The zero-order valence-electron chi connectivity index (χ0n) is 55.3. The van der Waals surface area contributed by atoms with Crippen molar-refractivity contribution in [1.82, 2.24) is 31.9 Å². The molecule has 0 bridgehead atoms. The number of alkyl carbamates (subject to hydrolysis) is 1. The number of anilines is 3. The zero-order valence-corrected chi connectivity index (χ0v) is 55.3. The van der Waals surface area contributed by atoms with Gasteiger partial charge in [-0.2, -0.15) is 0 Å². The molecule has 2 saturated carbocycles. The van der Waals surface area contributed by atoms with E-state index < -0.39 is 76.9 Å². The normalized spacial score (nSPS) is 25.0. The molecule has 93 heavy (non-hydrogen) atoms. The molecular weight excluding hydrogens is 1180 g/mol. The van der Waals surface area contributed by atoms with Crippen molar-refractivity contribution >= 4 is 64.6 Å². The van der Waals surface area contributed by atoms with Crippen LogP contribution < -0.4 is 59.7 Å². The van der Waals surface area contributed by atoms with E-state index in [-0.39, 0.29) is 79.7 Å². The first-order valence-electron chi connectivity index (χ1n) is 33.7. The van der Waals surface area contributed by atoms with Gasteiger partial charge in [-0.25, -0.2) is 9.59 Å². The van der Waals surface area contributed by atoms with Gasteiger partial charge >= 0.3 is 12.1 Å². The van der Waals surface area contributed by atoms with Crippen molar-refractivity contribution in [2.75, 3.05) is 42.6 Å².